The summed E-state index contributed by atoms with van der Waals surface area (Å²) in [6.45, 7) is 1.25. The standard InChI is InChI=1S/C9H10O3.C8H8O3/c1-9(12,8(10)11)7-5-3-2-4-6-7;9-7(8(10)11)6-4-2-1-3-5-6/h2-6,12H,1H3,(H,10,11);1-5,7,9H,(H,10,11). The average Bonchev–Trinajstić information content (AvgIpc) is 2.56. The van der Waals surface area contributed by atoms with E-state index in [1.165, 1.54) is 6.92 Å². The minimum Gasteiger partial charge on any atom is -0.479 e. The van der Waals surface area contributed by atoms with Crippen molar-refractivity contribution in [1.29, 1.82) is 0 Å². The van der Waals surface area contributed by atoms with Crippen molar-refractivity contribution in [1.82, 2.24) is 0 Å². The van der Waals surface area contributed by atoms with Crippen molar-refractivity contribution < 1.29 is 30.0 Å². The van der Waals surface area contributed by atoms with Gasteiger partial charge in [-0.3, -0.25) is 0 Å². The average molecular weight is 318 g/mol. The number of carbonyl (C=O) groups is 2. The Kier molecular flexibility index (Phi) is 6.44. The molecule has 2 atom stereocenters. The molecule has 2 aromatic carbocycles. The Bertz CT molecular complexity index is 637. The number of benzene rings is 2. The van der Waals surface area contributed by atoms with Gasteiger partial charge in [0.25, 0.3) is 0 Å². The van der Waals surface area contributed by atoms with Gasteiger partial charge in [0, 0.05) is 0 Å². The van der Waals surface area contributed by atoms with Crippen LogP contribution in [0.4, 0.5) is 0 Å². The third-order valence-corrected chi connectivity index (χ3v) is 3.10. The summed E-state index contributed by atoms with van der Waals surface area (Å²) < 4.78 is 0. The molecule has 0 aromatic heterocycles. The highest BCUT2D eigenvalue weighted by molar-refractivity contribution is 5.78. The molecule has 0 aliphatic rings. The summed E-state index contributed by atoms with van der Waals surface area (Å²) in [5.74, 6) is -2.47. The topological polar surface area (TPSA) is 115 Å². The van der Waals surface area contributed by atoms with Crippen molar-refractivity contribution in [3.8, 4) is 0 Å². The monoisotopic (exact) mass is 318 g/mol. The summed E-state index contributed by atoms with van der Waals surface area (Å²) in [5, 5.41) is 35.5. The molecule has 0 fully saturated rings. The largest absolute Gasteiger partial charge is 0.479 e. The normalized spacial score (nSPS) is 13.9. The van der Waals surface area contributed by atoms with E-state index >= 15 is 0 Å². The van der Waals surface area contributed by atoms with Gasteiger partial charge in [-0.15, -0.1) is 0 Å². The summed E-state index contributed by atoms with van der Waals surface area (Å²) in [4.78, 5) is 20.8. The van der Waals surface area contributed by atoms with Crippen molar-refractivity contribution in [2.45, 2.75) is 18.6 Å². The molecular formula is C17H18O6. The van der Waals surface area contributed by atoms with Crippen molar-refractivity contribution in [3.05, 3.63) is 71.8 Å². The van der Waals surface area contributed by atoms with Crippen molar-refractivity contribution in [3.63, 3.8) is 0 Å². The Morgan fingerprint density at radius 3 is 1.74 bits per heavy atom. The first-order valence-electron chi connectivity index (χ1n) is 6.74. The maximum atomic E-state index is 10.6. The molecule has 0 radical (unpaired) electrons. The van der Waals surface area contributed by atoms with Crippen LogP contribution in [0.25, 0.3) is 0 Å². The number of aliphatic hydroxyl groups is 2. The number of hydrogen-bond donors (Lipinski definition) is 4. The van der Waals surface area contributed by atoms with E-state index in [-0.39, 0.29) is 0 Å². The lowest BCUT2D eigenvalue weighted by Gasteiger charge is -2.17. The highest BCUT2D eigenvalue weighted by Gasteiger charge is 2.31. The molecule has 0 heterocycles. The molecule has 0 bridgehead atoms. The van der Waals surface area contributed by atoms with Gasteiger partial charge in [0.1, 0.15) is 0 Å². The van der Waals surface area contributed by atoms with Gasteiger partial charge < -0.3 is 20.4 Å². The summed E-state index contributed by atoms with van der Waals surface area (Å²) in [7, 11) is 0. The second-order valence-corrected chi connectivity index (χ2v) is 4.89. The van der Waals surface area contributed by atoms with Gasteiger partial charge in [-0.25, -0.2) is 9.59 Å². The van der Waals surface area contributed by atoms with E-state index in [2.05, 4.69) is 0 Å². The Morgan fingerprint density at radius 2 is 1.35 bits per heavy atom. The zero-order valence-electron chi connectivity index (χ0n) is 12.5. The molecule has 2 aromatic rings. The van der Waals surface area contributed by atoms with Crippen LogP contribution in [0, 0.1) is 0 Å². The van der Waals surface area contributed by atoms with Gasteiger partial charge in [0.2, 0.25) is 0 Å². The molecule has 0 aliphatic heterocycles. The van der Waals surface area contributed by atoms with E-state index in [0.29, 0.717) is 11.1 Å². The Morgan fingerprint density at radius 1 is 0.913 bits per heavy atom. The molecule has 0 aliphatic carbocycles. The zero-order valence-corrected chi connectivity index (χ0v) is 12.5. The number of aliphatic carboxylic acids is 2. The quantitative estimate of drug-likeness (QED) is 0.683. The molecule has 2 rings (SSSR count). The van der Waals surface area contributed by atoms with Crippen LogP contribution in [0.3, 0.4) is 0 Å². The molecule has 0 spiro atoms. The predicted octanol–water partition coefficient (Wildman–Crippen LogP) is 1.78. The number of rotatable bonds is 4. The van der Waals surface area contributed by atoms with E-state index in [4.69, 9.17) is 15.3 Å². The lowest BCUT2D eigenvalue weighted by atomic mass is 9.97. The Balaban J connectivity index is 0.000000231. The van der Waals surface area contributed by atoms with E-state index in [1.807, 2.05) is 0 Å². The predicted molar refractivity (Wildman–Crippen MR) is 82.7 cm³/mol. The number of hydrogen-bond acceptors (Lipinski definition) is 4. The summed E-state index contributed by atoms with van der Waals surface area (Å²) in [5.41, 5.74) is -1.00. The second-order valence-electron chi connectivity index (χ2n) is 4.89. The van der Waals surface area contributed by atoms with Crippen LogP contribution in [0.1, 0.15) is 24.2 Å². The van der Waals surface area contributed by atoms with Gasteiger partial charge in [-0.2, -0.15) is 0 Å². The van der Waals surface area contributed by atoms with E-state index < -0.39 is 23.6 Å². The third kappa shape index (κ3) is 5.21. The second kappa shape index (κ2) is 8.07. The van der Waals surface area contributed by atoms with E-state index in [0.717, 1.165) is 0 Å². The van der Waals surface area contributed by atoms with Crippen LogP contribution in [0.15, 0.2) is 60.7 Å². The van der Waals surface area contributed by atoms with Crippen LogP contribution >= 0.6 is 0 Å². The molecular weight excluding hydrogens is 300 g/mol. The van der Waals surface area contributed by atoms with E-state index in [1.54, 1.807) is 60.7 Å². The fraction of sp³-hybridized carbons (Fsp3) is 0.176. The summed E-state index contributed by atoms with van der Waals surface area (Å²) in [6, 6.07) is 16.6. The fourth-order valence-corrected chi connectivity index (χ4v) is 1.66. The number of carboxylic acids is 2. The molecule has 6 heteroatoms. The molecule has 122 valence electrons. The van der Waals surface area contributed by atoms with Gasteiger partial charge in [-0.1, -0.05) is 60.7 Å². The Labute approximate surface area is 133 Å². The van der Waals surface area contributed by atoms with Crippen molar-refractivity contribution in [2.75, 3.05) is 0 Å². The lowest BCUT2D eigenvalue weighted by Crippen LogP contribution is -2.31. The maximum Gasteiger partial charge on any atom is 0.340 e. The molecule has 2 unspecified atom stereocenters. The van der Waals surface area contributed by atoms with Gasteiger partial charge in [0.15, 0.2) is 11.7 Å². The molecule has 0 saturated heterocycles. The number of aliphatic hydroxyl groups excluding tert-OH is 1. The first-order valence-corrected chi connectivity index (χ1v) is 6.74. The van der Waals surface area contributed by atoms with Crippen LogP contribution in [0.2, 0.25) is 0 Å². The van der Waals surface area contributed by atoms with Gasteiger partial charge in [0.05, 0.1) is 0 Å². The minimum absolute atomic E-state index is 0.387. The highest BCUT2D eigenvalue weighted by atomic mass is 16.4. The van der Waals surface area contributed by atoms with Gasteiger partial charge in [-0.05, 0) is 18.1 Å². The molecule has 6 nitrogen and oxygen atoms in total. The highest BCUT2D eigenvalue weighted by Crippen LogP contribution is 2.19. The van der Waals surface area contributed by atoms with Crippen molar-refractivity contribution in [2.24, 2.45) is 0 Å². The smallest absolute Gasteiger partial charge is 0.340 e. The first-order chi connectivity index (χ1) is 10.8. The summed E-state index contributed by atoms with van der Waals surface area (Å²) in [6.07, 6.45) is -1.41. The molecule has 23 heavy (non-hydrogen) atoms. The Hall–Kier alpha value is -2.70. The van der Waals surface area contributed by atoms with Gasteiger partial charge >= 0.3 is 11.9 Å². The van der Waals surface area contributed by atoms with Crippen LogP contribution in [0.5, 0.6) is 0 Å². The molecule has 0 amide bonds. The molecule has 0 saturated carbocycles. The fourth-order valence-electron chi connectivity index (χ4n) is 1.66. The van der Waals surface area contributed by atoms with Crippen LogP contribution in [-0.4, -0.2) is 32.4 Å². The zero-order chi connectivity index (χ0) is 17.5. The van der Waals surface area contributed by atoms with Crippen LogP contribution < -0.4 is 0 Å². The van der Waals surface area contributed by atoms with Crippen LogP contribution in [-0.2, 0) is 15.2 Å². The van der Waals surface area contributed by atoms with E-state index in [9.17, 15) is 14.7 Å². The minimum atomic E-state index is -1.79. The SMILES string of the molecule is CC(O)(C(=O)O)c1ccccc1.O=C(O)C(O)c1ccccc1. The lowest BCUT2D eigenvalue weighted by molar-refractivity contribution is -0.157. The van der Waals surface area contributed by atoms with Crippen molar-refractivity contribution >= 4 is 11.9 Å². The molecule has 4 N–H and O–H groups in total. The first kappa shape index (κ1) is 18.3. The number of carboxylic acid groups (broad SMARTS) is 2. The maximum absolute atomic E-state index is 10.6. The third-order valence-electron chi connectivity index (χ3n) is 3.10. The summed E-state index contributed by atoms with van der Waals surface area (Å²) >= 11 is 0.